The second-order valence-corrected chi connectivity index (χ2v) is 6.92. The number of hydrogen-bond acceptors (Lipinski definition) is 6. The number of nitrogens with one attached hydrogen (secondary N) is 1. The molecular weight excluding hydrogens is 348 g/mol. The highest BCUT2D eigenvalue weighted by Gasteiger charge is 2.21. The van der Waals surface area contributed by atoms with Crippen LogP contribution in [0.15, 0.2) is 58.5 Å². The first-order valence-electron chi connectivity index (χ1n) is 8.60. The fourth-order valence-corrected chi connectivity index (χ4v) is 3.84. The summed E-state index contributed by atoms with van der Waals surface area (Å²) in [6, 6.07) is 14.1. The van der Waals surface area contributed by atoms with Crippen LogP contribution in [0, 0.1) is 0 Å². The van der Waals surface area contributed by atoms with Crippen molar-refractivity contribution in [2.45, 2.75) is 6.54 Å². The lowest BCUT2D eigenvalue weighted by atomic mass is 10.2. The number of nitrogens with zero attached hydrogens (tertiary/aromatic N) is 3. The van der Waals surface area contributed by atoms with Crippen molar-refractivity contribution in [1.82, 2.24) is 10.3 Å². The number of para-hydroxylation sites is 1. The number of thiazole rings is 1. The van der Waals surface area contributed by atoms with Crippen LogP contribution in [-0.2, 0) is 6.54 Å². The van der Waals surface area contributed by atoms with Gasteiger partial charge in [-0.1, -0.05) is 18.2 Å². The summed E-state index contributed by atoms with van der Waals surface area (Å²) in [5, 5.41) is 5.55. The predicted molar refractivity (Wildman–Crippen MR) is 103 cm³/mol. The molecule has 0 saturated carbocycles. The van der Waals surface area contributed by atoms with Gasteiger partial charge in [0, 0.05) is 37.2 Å². The number of anilines is 2. The van der Waals surface area contributed by atoms with Crippen molar-refractivity contribution in [3.05, 3.63) is 65.6 Å². The molecule has 0 aliphatic carbocycles. The Bertz CT molecular complexity index is 840. The first-order chi connectivity index (χ1) is 12.8. The molecule has 2 aromatic heterocycles. The smallest absolute Gasteiger partial charge is 0.271 e. The third-order valence-corrected chi connectivity index (χ3v) is 5.30. The fraction of sp³-hybridized carbons (Fsp3) is 0.263. The maximum atomic E-state index is 12.2. The molecule has 0 bridgehead atoms. The number of amides is 1. The standard InChI is InChI=1S/C19H20N4O2S/c24-18(20-13-16-7-4-12-25-16)17-14-26-19(21-17)23-10-8-22(9-11-23)15-5-2-1-3-6-15/h1-7,12,14H,8-11,13H2,(H,20,24). The molecule has 1 aromatic carbocycles. The zero-order valence-corrected chi connectivity index (χ0v) is 15.1. The summed E-state index contributed by atoms with van der Waals surface area (Å²) < 4.78 is 5.22. The average molecular weight is 368 g/mol. The summed E-state index contributed by atoms with van der Waals surface area (Å²) in [7, 11) is 0. The van der Waals surface area contributed by atoms with Crippen molar-refractivity contribution >= 4 is 28.1 Å². The molecule has 0 radical (unpaired) electrons. The van der Waals surface area contributed by atoms with E-state index >= 15 is 0 Å². The van der Waals surface area contributed by atoms with Crippen LogP contribution in [0.5, 0.6) is 0 Å². The third-order valence-electron chi connectivity index (χ3n) is 4.40. The van der Waals surface area contributed by atoms with E-state index in [0.29, 0.717) is 12.2 Å². The Morgan fingerprint density at radius 1 is 1.08 bits per heavy atom. The maximum Gasteiger partial charge on any atom is 0.271 e. The maximum absolute atomic E-state index is 12.2. The number of piperazine rings is 1. The second kappa shape index (κ2) is 7.61. The van der Waals surface area contributed by atoms with E-state index < -0.39 is 0 Å². The zero-order valence-electron chi connectivity index (χ0n) is 14.3. The Balaban J connectivity index is 1.33. The lowest BCUT2D eigenvalue weighted by Gasteiger charge is -2.35. The normalized spacial score (nSPS) is 14.5. The minimum atomic E-state index is -0.174. The minimum Gasteiger partial charge on any atom is -0.467 e. The van der Waals surface area contributed by atoms with Gasteiger partial charge in [-0.2, -0.15) is 0 Å². The van der Waals surface area contributed by atoms with Crippen LogP contribution in [0.2, 0.25) is 0 Å². The highest BCUT2D eigenvalue weighted by atomic mass is 32.1. The largest absolute Gasteiger partial charge is 0.467 e. The van der Waals surface area contributed by atoms with Crippen LogP contribution >= 0.6 is 11.3 Å². The van der Waals surface area contributed by atoms with Gasteiger partial charge in [-0.15, -0.1) is 11.3 Å². The van der Waals surface area contributed by atoms with Gasteiger partial charge >= 0.3 is 0 Å². The van der Waals surface area contributed by atoms with Crippen LogP contribution in [0.4, 0.5) is 10.8 Å². The molecule has 1 amide bonds. The molecule has 3 heterocycles. The predicted octanol–water partition coefficient (Wildman–Crippen LogP) is 2.99. The van der Waals surface area contributed by atoms with Crippen molar-refractivity contribution in [3.63, 3.8) is 0 Å². The van der Waals surface area contributed by atoms with Crippen molar-refractivity contribution in [3.8, 4) is 0 Å². The van der Waals surface area contributed by atoms with Gasteiger partial charge in [0.2, 0.25) is 0 Å². The Kier molecular flexibility index (Phi) is 4.88. The number of rotatable bonds is 5. The summed E-state index contributed by atoms with van der Waals surface area (Å²) in [5.74, 6) is 0.553. The van der Waals surface area contributed by atoms with Crippen molar-refractivity contribution in [2.75, 3.05) is 36.0 Å². The molecule has 0 unspecified atom stereocenters. The topological polar surface area (TPSA) is 61.6 Å². The molecule has 7 heteroatoms. The van der Waals surface area contributed by atoms with Gasteiger partial charge < -0.3 is 19.5 Å². The molecule has 1 aliphatic heterocycles. The summed E-state index contributed by atoms with van der Waals surface area (Å²) in [4.78, 5) is 21.4. The Morgan fingerprint density at radius 2 is 1.85 bits per heavy atom. The number of furan rings is 1. The summed E-state index contributed by atoms with van der Waals surface area (Å²) in [6.45, 7) is 4.06. The van der Waals surface area contributed by atoms with Crippen molar-refractivity contribution < 1.29 is 9.21 Å². The van der Waals surface area contributed by atoms with Crippen molar-refractivity contribution in [2.24, 2.45) is 0 Å². The monoisotopic (exact) mass is 368 g/mol. The van der Waals surface area contributed by atoms with E-state index in [4.69, 9.17) is 4.42 Å². The highest BCUT2D eigenvalue weighted by Crippen LogP contribution is 2.23. The summed E-state index contributed by atoms with van der Waals surface area (Å²) in [6.07, 6.45) is 1.59. The van der Waals surface area contributed by atoms with Gasteiger partial charge in [0.25, 0.3) is 5.91 Å². The molecule has 4 rings (SSSR count). The molecule has 6 nitrogen and oxygen atoms in total. The van der Waals surface area contributed by atoms with Crippen LogP contribution < -0.4 is 15.1 Å². The lowest BCUT2D eigenvalue weighted by Crippen LogP contribution is -2.46. The van der Waals surface area contributed by atoms with Crippen LogP contribution in [0.3, 0.4) is 0 Å². The molecular formula is C19H20N4O2S. The van der Waals surface area contributed by atoms with E-state index in [1.807, 2.05) is 17.5 Å². The Hall–Kier alpha value is -2.80. The zero-order chi connectivity index (χ0) is 17.8. The SMILES string of the molecule is O=C(NCc1ccco1)c1csc(N2CCN(c3ccccc3)CC2)n1. The second-order valence-electron chi connectivity index (χ2n) is 6.09. The average Bonchev–Trinajstić information content (AvgIpc) is 3.39. The van der Waals surface area contributed by atoms with E-state index in [0.717, 1.165) is 37.1 Å². The number of carbonyl (C=O) groups is 1. The Morgan fingerprint density at radius 3 is 2.58 bits per heavy atom. The first-order valence-corrected chi connectivity index (χ1v) is 9.48. The summed E-state index contributed by atoms with van der Waals surface area (Å²) >= 11 is 1.52. The van der Waals surface area contributed by atoms with Gasteiger partial charge in [-0.3, -0.25) is 4.79 Å². The van der Waals surface area contributed by atoms with Crippen LogP contribution in [-0.4, -0.2) is 37.1 Å². The van der Waals surface area contributed by atoms with Gasteiger partial charge in [0.1, 0.15) is 11.5 Å². The molecule has 1 aliphatic rings. The van der Waals surface area contributed by atoms with Crippen LogP contribution in [0.25, 0.3) is 0 Å². The van der Waals surface area contributed by atoms with E-state index in [-0.39, 0.29) is 5.91 Å². The molecule has 1 saturated heterocycles. The van der Waals surface area contributed by atoms with E-state index in [9.17, 15) is 4.79 Å². The van der Waals surface area contributed by atoms with Crippen molar-refractivity contribution in [1.29, 1.82) is 0 Å². The molecule has 0 atom stereocenters. The number of benzene rings is 1. The van der Waals surface area contributed by atoms with E-state index in [1.165, 1.54) is 17.0 Å². The molecule has 134 valence electrons. The minimum absolute atomic E-state index is 0.174. The van der Waals surface area contributed by atoms with Gasteiger partial charge in [0.15, 0.2) is 5.13 Å². The van der Waals surface area contributed by atoms with Crippen LogP contribution in [0.1, 0.15) is 16.2 Å². The van der Waals surface area contributed by atoms with Gasteiger partial charge in [-0.25, -0.2) is 4.98 Å². The number of aromatic nitrogens is 1. The third kappa shape index (κ3) is 3.72. The Labute approximate surface area is 156 Å². The van der Waals surface area contributed by atoms with Gasteiger partial charge in [0.05, 0.1) is 12.8 Å². The molecule has 3 aromatic rings. The highest BCUT2D eigenvalue weighted by molar-refractivity contribution is 7.13. The fourth-order valence-electron chi connectivity index (χ4n) is 2.98. The molecule has 26 heavy (non-hydrogen) atoms. The molecule has 1 fully saturated rings. The quantitative estimate of drug-likeness (QED) is 0.750. The summed E-state index contributed by atoms with van der Waals surface area (Å²) in [5.41, 5.74) is 1.71. The molecule has 0 spiro atoms. The molecule has 1 N–H and O–H groups in total. The number of hydrogen-bond donors (Lipinski definition) is 1. The van der Waals surface area contributed by atoms with E-state index in [2.05, 4.69) is 44.4 Å². The lowest BCUT2D eigenvalue weighted by molar-refractivity contribution is 0.0944. The van der Waals surface area contributed by atoms with E-state index in [1.54, 1.807) is 12.3 Å². The number of carbonyl (C=O) groups excluding carboxylic acids is 1. The van der Waals surface area contributed by atoms with Gasteiger partial charge in [-0.05, 0) is 24.3 Å². The first kappa shape index (κ1) is 16.7.